The van der Waals surface area contributed by atoms with Crippen molar-refractivity contribution in [3.8, 4) is 11.5 Å². The van der Waals surface area contributed by atoms with Crippen LogP contribution in [0.2, 0.25) is 0 Å². The van der Waals surface area contributed by atoms with Gasteiger partial charge in [-0.05, 0) is 37.3 Å². The van der Waals surface area contributed by atoms with Gasteiger partial charge in [-0.3, -0.25) is 5.32 Å². The van der Waals surface area contributed by atoms with Crippen LogP contribution < -0.4 is 10.1 Å². The van der Waals surface area contributed by atoms with E-state index >= 15 is 0 Å². The van der Waals surface area contributed by atoms with E-state index in [4.69, 9.17) is 4.74 Å². The first-order valence-electron chi connectivity index (χ1n) is 6.64. The lowest BCUT2D eigenvalue weighted by Gasteiger charge is -2.28. The van der Waals surface area contributed by atoms with Crippen LogP contribution in [0.15, 0.2) is 36.5 Å². The van der Waals surface area contributed by atoms with Crippen molar-refractivity contribution in [1.82, 2.24) is 9.88 Å². The number of pyridine rings is 1. The number of ether oxygens (including phenoxy) is 1. The highest BCUT2D eigenvalue weighted by Crippen LogP contribution is 2.32. The Hall–Kier alpha value is -2.63. The van der Waals surface area contributed by atoms with Crippen molar-refractivity contribution in [1.29, 1.82) is 0 Å². The molecule has 0 saturated carbocycles. The van der Waals surface area contributed by atoms with Crippen molar-refractivity contribution >= 4 is 11.8 Å². The predicted molar refractivity (Wildman–Crippen MR) is 75.8 cm³/mol. The van der Waals surface area contributed by atoms with Gasteiger partial charge in [0.25, 0.3) is 0 Å². The number of carbonyl (C=O) groups excluding carboxylic acids is 1. The standard InChI is InChI=1S/C15H14FN3O2/c1-2-19-9-12-13(7-8-17-14(12)18-15(19)20)21-11-5-3-10(16)4-6-11/h3-8H,2,9H2,1H3,(H,17,18,20). The normalized spacial score (nSPS) is 13.6. The van der Waals surface area contributed by atoms with E-state index in [9.17, 15) is 9.18 Å². The van der Waals surface area contributed by atoms with Gasteiger partial charge in [-0.1, -0.05) is 0 Å². The monoisotopic (exact) mass is 287 g/mol. The molecular weight excluding hydrogens is 273 g/mol. The molecule has 0 atom stereocenters. The molecule has 0 bridgehead atoms. The van der Waals surface area contributed by atoms with E-state index in [1.54, 1.807) is 29.3 Å². The number of fused-ring (bicyclic) bond motifs is 1. The number of carbonyl (C=O) groups is 1. The molecule has 0 radical (unpaired) electrons. The summed E-state index contributed by atoms with van der Waals surface area (Å²) in [4.78, 5) is 17.6. The number of benzene rings is 1. The molecule has 1 N–H and O–H groups in total. The summed E-state index contributed by atoms with van der Waals surface area (Å²) in [7, 11) is 0. The number of halogens is 1. The van der Waals surface area contributed by atoms with Crippen LogP contribution in [0.4, 0.5) is 15.0 Å². The lowest BCUT2D eigenvalue weighted by molar-refractivity contribution is 0.209. The Morgan fingerprint density at radius 3 is 2.81 bits per heavy atom. The fourth-order valence-electron chi connectivity index (χ4n) is 2.16. The first kappa shape index (κ1) is 13.4. The largest absolute Gasteiger partial charge is 0.457 e. The van der Waals surface area contributed by atoms with Crippen LogP contribution in [0.3, 0.4) is 0 Å². The molecule has 3 rings (SSSR count). The third kappa shape index (κ3) is 2.65. The Balaban J connectivity index is 1.92. The predicted octanol–water partition coefficient (Wildman–Crippen LogP) is 3.38. The van der Waals surface area contributed by atoms with Crippen molar-refractivity contribution in [2.75, 3.05) is 11.9 Å². The highest BCUT2D eigenvalue weighted by Gasteiger charge is 2.25. The molecule has 5 nitrogen and oxygen atoms in total. The van der Waals surface area contributed by atoms with Crippen LogP contribution in [0.1, 0.15) is 12.5 Å². The highest BCUT2D eigenvalue weighted by atomic mass is 19.1. The van der Waals surface area contributed by atoms with Crippen LogP contribution in [-0.4, -0.2) is 22.5 Å². The fraction of sp³-hybridized carbons (Fsp3) is 0.200. The maximum absolute atomic E-state index is 12.9. The second-order valence-electron chi connectivity index (χ2n) is 4.64. The van der Waals surface area contributed by atoms with Crippen molar-refractivity contribution in [2.45, 2.75) is 13.5 Å². The molecule has 0 unspecified atom stereocenters. The zero-order valence-corrected chi connectivity index (χ0v) is 11.5. The number of amides is 2. The zero-order chi connectivity index (χ0) is 14.8. The molecule has 1 aliphatic heterocycles. The van der Waals surface area contributed by atoms with E-state index in [-0.39, 0.29) is 11.8 Å². The number of rotatable bonds is 3. The number of nitrogens with one attached hydrogen (secondary N) is 1. The van der Waals surface area contributed by atoms with E-state index in [1.807, 2.05) is 6.92 Å². The Labute approximate surface area is 121 Å². The van der Waals surface area contributed by atoms with Gasteiger partial charge in [0.2, 0.25) is 0 Å². The second kappa shape index (κ2) is 5.40. The van der Waals surface area contributed by atoms with Gasteiger partial charge in [0, 0.05) is 12.7 Å². The lowest BCUT2D eigenvalue weighted by Crippen LogP contribution is -2.38. The molecule has 0 spiro atoms. The SMILES string of the molecule is CCN1Cc2c(Oc3ccc(F)cc3)ccnc2NC1=O. The summed E-state index contributed by atoms with van der Waals surface area (Å²) in [6, 6.07) is 7.35. The molecule has 1 aromatic heterocycles. The molecule has 0 saturated heterocycles. The number of hydrogen-bond acceptors (Lipinski definition) is 3. The van der Waals surface area contributed by atoms with Crippen molar-refractivity contribution in [2.24, 2.45) is 0 Å². The van der Waals surface area contributed by atoms with E-state index in [1.165, 1.54) is 12.1 Å². The number of anilines is 1. The van der Waals surface area contributed by atoms with Crippen LogP contribution >= 0.6 is 0 Å². The van der Waals surface area contributed by atoms with E-state index in [0.717, 1.165) is 5.56 Å². The average molecular weight is 287 g/mol. The summed E-state index contributed by atoms with van der Waals surface area (Å²) in [5.41, 5.74) is 0.809. The molecule has 2 aromatic rings. The Morgan fingerprint density at radius 1 is 1.33 bits per heavy atom. The average Bonchev–Trinajstić information content (AvgIpc) is 2.49. The molecule has 6 heteroatoms. The maximum atomic E-state index is 12.9. The Bertz CT molecular complexity index is 673. The smallest absolute Gasteiger partial charge is 0.323 e. The first-order chi connectivity index (χ1) is 10.2. The number of hydrogen-bond donors (Lipinski definition) is 1. The third-order valence-electron chi connectivity index (χ3n) is 3.30. The molecule has 1 aliphatic rings. The van der Waals surface area contributed by atoms with Gasteiger partial charge in [0.15, 0.2) is 0 Å². The van der Waals surface area contributed by atoms with Gasteiger partial charge in [-0.2, -0.15) is 0 Å². The van der Waals surface area contributed by atoms with Crippen LogP contribution in [0.5, 0.6) is 11.5 Å². The van der Waals surface area contributed by atoms with Crippen LogP contribution in [0.25, 0.3) is 0 Å². The third-order valence-corrected chi connectivity index (χ3v) is 3.30. The molecular formula is C15H14FN3O2. The van der Waals surface area contributed by atoms with E-state index < -0.39 is 0 Å². The molecule has 2 amide bonds. The topological polar surface area (TPSA) is 54.5 Å². The van der Waals surface area contributed by atoms with Crippen LogP contribution in [-0.2, 0) is 6.54 Å². The van der Waals surface area contributed by atoms with Crippen LogP contribution in [0, 0.1) is 5.82 Å². The summed E-state index contributed by atoms with van der Waals surface area (Å²) in [6.07, 6.45) is 1.57. The number of aromatic nitrogens is 1. The molecule has 21 heavy (non-hydrogen) atoms. The van der Waals surface area contributed by atoms with Gasteiger partial charge in [-0.15, -0.1) is 0 Å². The van der Waals surface area contributed by atoms with Gasteiger partial charge < -0.3 is 9.64 Å². The summed E-state index contributed by atoms with van der Waals surface area (Å²) in [5.74, 6) is 1.32. The molecule has 0 fully saturated rings. The van der Waals surface area contributed by atoms with E-state index in [0.29, 0.717) is 30.4 Å². The van der Waals surface area contributed by atoms with E-state index in [2.05, 4.69) is 10.3 Å². The van der Waals surface area contributed by atoms with Gasteiger partial charge in [-0.25, -0.2) is 14.2 Å². The summed E-state index contributed by atoms with van der Waals surface area (Å²) >= 11 is 0. The number of nitrogens with zero attached hydrogens (tertiary/aromatic N) is 2. The van der Waals surface area contributed by atoms with Gasteiger partial charge in [0.05, 0.1) is 12.1 Å². The maximum Gasteiger partial charge on any atom is 0.323 e. The fourth-order valence-corrected chi connectivity index (χ4v) is 2.16. The minimum atomic E-state index is -0.316. The van der Waals surface area contributed by atoms with Crippen molar-refractivity contribution in [3.63, 3.8) is 0 Å². The Morgan fingerprint density at radius 2 is 2.10 bits per heavy atom. The lowest BCUT2D eigenvalue weighted by atomic mass is 10.2. The number of urea groups is 1. The highest BCUT2D eigenvalue weighted by molar-refractivity contribution is 5.91. The van der Waals surface area contributed by atoms with Gasteiger partial charge in [0.1, 0.15) is 23.1 Å². The molecule has 0 aliphatic carbocycles. The van der Waals surface area contributed by atoms with Crippen molar-refractivity contribution < 1.29 is 13.9 Å². The zero-order valence-electron chi connectivity index (χ0n) is 11.5. The molecule has 108 valence electrons. The Kier molecular flexibility index (Phi) is 3.43. The molecule has 1 aromatic carbocycles. The summed E-state index contributed by atoms with van der Waals surface area (Å²) in [6.45, 7) is 2.93. The van der Waals surface area contributed by atoms with Gasteiger partial charge >= 0.3 is 6.03 Å². The quantitative estimate of drug-likeness (QED) is 0.941. The minimum absolute atomic E-state index is 0.170. The first-order valence-corrected chi connectivity index (χ1v) is 6.64. The second-order valence-corrected chi connectivity index (χ2v) is 4.64. The van der Waals surface area contributed by atoms with Crippen molar-refractivity contribution in [3.05, 3.63) is 47.9 Å². The minimum Gasteiger partial charge on any atom is -0.457 e. The summed E-state index contributed by atoms with van der Waals surface area (Å²) in [5, 5.41) is 2.73. The molecule has 2 heterocycles. The summed E-state index contributed by atoms with van der Waals surface area (Å²) < 4.78 is 18.7.